The van der Waals surface area contributed by atoms with Crippen LogP contribution in [0, 0.1) is 23.2 Å². The van der Waals surface area contributed by atoms with Gasteiger partial charge >= 0.3 is 0 Å². The fraction of sp³-hybridized carbons (Fsp3) is 0.250. The van der Waals surface area contributed by atoms with Crippen LogP contribution in [0.1, 0.15) is 17.5 Å². The fourth-order valence-corrected chi connectivity index (χ4v) is 1.11. The molecule has 0 atom stereocenters. The lowest BCUT2D eigenvalue weighted by Gasteiger charge is -2.01. The van der Waals surface area contributed by atoms with Crippen LogP contribution in [-0.2, 0) is 0 Å². The van der Waals surface area contributed by atoms with Crippen LogP contribution in [0.2, 0.25) is 0 Å². The SMILES string of the molecule is COc1ccc(C#CCCN)cc1C#N. The first kappa shape index (κ1) is 11.1. The Morgan fingerprint density at radius 1 is 1.47 bits per heavy atom. The van der Waals surface area contributed by atoms with Crippen molar-refractivity contribution in [1.29, 1.82) is 5.26 Å². The molecule has 0 radical (unpaired) electrons. The predicted molar refractivity (Wildman–Crippen MR) is 58.3 cm³/mol. The summed E-state index contributed by atoms with van der Waals surface area (Å²) >= 11 is 0. The second kappa shape index (κ2) is 5.70. The minimum atomic E-state index is 0.497. The highest BCUT2D eigenvalue weighted by Crippen LogP contribution is 2.18. The van der Waals surface area contributed by atoms with Gasteiger partial charge < -0.3 is 10.5 Å². The summed E-state index contributed by atoms with van der Waals surface area (Å²) in [6.45, 7) is 0.550. The standard InChI is InChI=1S/C12H12N2O/c1-15-12-6-5-10(4-2-3-7-13)8-11(12)9-14/h5-6,8H,3,7,13H2,1H3. The van der Waals surface area contributed by atoms with E-state index >= 15 is 0 Å². The van der Waals surface area contributed by atoms with E-state index in [1.54, 1.807) is 12.1 Å². The number of ether oxygens (including phenoxy) is 1. The maximum absolute atomic E-state index is 8.85. The van der Waals surface area contributed by atoms with E-state index < -0.39 is 0 Å². The molecule has 0 aliphatic rings. The Morgan fingerprint density at radius 3 is 2.87 bits per heavy atom. The van der Waals surface area contributed by atoms with E-state index in [-0.39, 0.29) is 0 Å². The Hall–Kier alpha value is -1.97. The van der Waals surface area contributed by atoms with Crippen LogP contribution in [0.4, 0.5) is 0 Å². The molecule has 1 rings (SSSR count). The number of rotatable bonds is 2. The summed E-state index contributed by atoms with van der Waals surface area (Å²) in [6.07, 6.45) is 0.661. The normalized spacial score (nSPS) is 8.60. The van der Waals surface area contributed by atoms with Gasteiger partial charge in [0.2, 0.25) is 0 Å². The third-order valence-electron chi connectivity index (χ3n) is 1.82. The van der Waals surface area contributed by atoms with E-state index in [0.29, 0.717) is 24.3 Å². The minimum absolute atomic E-state index is 0.497. The average molecular weight is 200 g/mol. The molecule has 15 heavy (non-hydrogen) atoms. The van der Waals surface area contributed by atoms with Gasteiger partial charge in [-0.25, -0.2) is 0 Å². The van der Waals surface area contributed by atoms with Crippen molar-refractivity contribution in [2.45, 2.75) is 6.42 Å². The molecule has 0 amide bonds. The maximum Gasteiger partial charge on any atom is 0.136 e. The molecular formula is C12H12N2O. The first-order chi connectivity index (χ1) is 7.31. The van der Waals surface area contributed by atoms with Gasteiger partial charge in [-0.3, -0.25) is 0 Å². The minimum Gasteiger partial charge on any atom is -0.495 e. The molecular weight excluding hydrogens is 188 g/mol. The highest BCUT2D eigenvalue weighted by atomic mass is 16.5. The molecule has 1 aromatic carbocycles. The van der Waals surface area contributed by atoms with E-state index in [1.807, 2.05) is 6.07 Å². The summed E-state index contributed by atoms with van der Waals surface area (Å²) in [7, 11) is 1.54. The van der Waals surface area contributed by atoms with Gasteiger partial charge in [0.05, 0.1) is 12.7 Å². The van der Waals surface area contributed by atoms with Crippen molar-refractivity contribution in [3.8, 4) is 23.7 Å². The van der Waals surface area contributed by atoms with Crippen LogP contribution in [0.5, 0.6) is 5.75 Å². The summed E-state index contributed by atoms with van der Waals surface area (Å²) in [5.41, 5.74) is 6.62. The van der Waals surface area contributed by atoms with Gasteiger partial charge in [-0.2, -0.15) is 5.26 Å². The molecule has 2 N–H and O–H groups in total. The molecule has 0 aliphatic carbocycles. The van der Waals surface area contributed by atoms with Crippen LogP contribution in [0.25, 0.3) is 0 Å². The second-order valence-electron chi connectivity index (χ2n) is 2.87. The largest absolute Gasteiger partial charge is 0.495 e. The number of nitrogens with zero attached hydrogens (tertiary/aromatic N) is 1. The van der Waals surface area contributed by atoms with Crippen molar-refractivity contribution in [1.82, 2.24) is 0 Å². The van der Waals surface area contributed by atoms with Crippen LogP contribution in [0.15, 0.2) is 18.2 Å². The van der Waals surface area contributed by atoms with Crippen molar-refractivity contribution in [2.75, 3.05) is 13.7 Å². The Labute approximate surface area is 89.5 Å². The van der Waals surface area contributed by atoms with Gasteiger partial charge in [0.25, 0.3) is 0 Å². The maximum atomic E-state index is 8.85. The molecule has 0 spiro atoms. The van der Waals surface area contributed by atoms with E-state index in [2.05, 4.69) is 17.9 Å². The quantitative estimate of drug-likeness (QED) is 0.731. The molecule has 0 unspecified atom stereocenters. The monoisotopic (exact) mass is 200 g/mol. The van der Waals surface area contributed by atoms with E-state index in [4.69, 9.17) is 15.7 Å². The van der Waals surface area contributed by atoms with Gasteiger partial charge in [-0.15, -0.1) is 0 Å². The molecule has 76 valence electrons. The van der Waals surface area contributed by atoms with Gasteiger partial charge in [-0.1, -0.05) is 11.8 Å². The number of hydrogen-bond acceptors (Lipinski definition) is 3. The fourth-order valence-electron chi connectivity index (χ4n) is 1.11. The molecule has 0 fully saturated rings. The third kappa shape index (κ3) is 3.02. The smallest absolute Gasteiger partial charge is 0.136 e. The lowest BCUT2D eigenvalue weighted by Crippen LogP contribution is -1.95. The van der Waals surface area contributed by atoms with E-state index in [9.17, 15) is 0 Å². The van der Waals surface area contributed by atoms with Crippen LogP contribution >= 0.6 is 0 Å². The molecule has 0 saturated heterocycles. The molecule has 0 saturated carbocycles. The van der Waals surface area contributed by atoms with Crippen LogP contribution < -0.4 is 10.5 Å². The highest BCUT2D eigenvalue weighted by Gasteiger charge is 2.01. The third-order valence-corrected chi connectivity index (χ3v) is 1.82. The van der Waals surface area contributed by atoms with Gasteiger partial charge in [0.1, 0.15) is 11.8 Å². The Kier molecular flexibility index (Phi) is 4.22. The van der Waals surface area contributed by atoms with Gasteiger partial charge in [0.15, 0.2) is 0 Å². The number of methoxy groups -OCH3 is 1. The molecule has 0 aromatic heterocycles. The summed E-state index contributed by atoms with van der Waals surface area (Å²) in [6, 6.07) is 7.33. The van der Waals surface area contributed by atoms with Crippen molar-refractivity contribution in [2.24, 2.45) is 5.73 Å². The number of benzene rings is 1. The lowest BCUT2D eigenvalue weighted by atomic mass is 10.1. The summed E-state index contributed by atoms with van der Waals surface area (Å²) in [5, 5.41) is 8.85. The van der Waals surface area contributed by atoms with Crippen molar-refractivity contribution in [3.05, 3.63) is 29.3 Å². The van der Waals surface area contributed by atoms with Gasteiger partial charge in [0, 0.05) is 18.5 Å². The number of hydrogen-bond donors (Lipinski definition) is 1. The number of nitrogens with two attached hydrogens (primary N) is 1. The predicted octanol–water partition coefficient (Wildman–Crippen LogP) is 1.27. The zero-order chi connectivity index (χ0) is 11.1. The first-order valence-electron chi connectivity index (χ1n) is 4.59. The van der Waals surface area contributed by atoms with Crippen molar-refractivity contribution in [3.63, 3.8) is 0 Å². The molecule has 3 heteroatoms. The van der Waals surface area contributed by atoms with E-state index in [1.165, 1.54) is 7.11 Å². The summed E-state index contributed by atoms with van der Waals surface area (Å²) in [5.74, 6) is 6.42. The van der Waals surface area contributed by atoms with Crippen molar-refractivity contribution >= 4 is 0 Å². The average Bonchev–Trinajstić information content (AvgIpc) is 2.29. The van der Waals surface area contributed by atoms with E-state index in [0.717, 1.165) is 5.56 Å². The van der Waals surface area contributed by atoms with Crippen LogP contribution in [0.3, 0.4) is 0 Å². The Morgan fingerprint density at radius 2 is 2.27 bits per heavy atom. The zero-order valence-electron chi connectivity index (χ0n) is 8.58. The Bertz CT molecular complexity index is 435. The molecule has 3 nitrogen and oxygen atoms in total. The molecule has 1 aromatic rings. The lowest BCUT2D eigenvalue weighted by molar-refractivity contribution is 0.413. The number of nitriles is 1. The first-order valence-corrected chi connectivity index (χ1v) is 4.59. The van der Waals surface area contributed by atoms with Crippen LogP contribution in [-0.4, -0.2) is 13.7 Å². The molecule has 0 heterocycles. The second-order valence-corrected chi connectivity index (χ2v) is 2.87. The summed E-state index contributed by atoms with van der Waals surface area (Å²) in [4.78, 5) is 0. The van der Waals surface area contributed by atoms with Gasteiger partial charge in [-0.05, 0) is 18.2 Å². The highest BCUT2D eigenvalue weighted by molar-refractivity contribution is 5.49. The zero-order valence-corrected chi connectivity index (χ0v) is 8.58. The van der Waals surface area contributed by atoms with Crippen molar-refractivity contribution < 1.29 is 4.74 Å². The molecule has 0 aliphatic heterocycles. The molecule has 0 bridgehead atoms. The Balaban J connectivity index is 2.96. The topological polar surface area (TPSA) is 59.0 Å². The summed E-state index contributed by atoms with van der Waals surface area (Å²) < 4.78 is 5.03.